The number of rotatable bonds is 3. The lowest BCUT2D eigenvalue weighted by molar-refractivity contribution is -0.121. The Hall–Kier alpha value is -1.14. The van der Waals surface area contributed by atoms with Crippen molar-refractivity contribution >= 4 is 39.2 Å². The molecule has 0 radical (unpaired) electrons. The number of carbonyl (C=O) groups is 1. The zero-order chi connectivity index (χ0) is 15.8. The van der Waals surface area contributed by atoms with Gasteiger partial charge in [-0.2, -0.15) is 0 Å². The summed E-state index contributed by atoms with van der Waals surface area (Å²) in [5, 5.41) is 4.78. The molecule has 2 heterocycles. The number of hydrogen-bond acceptors (Lipinski definition) is 5. The van der Waals surface area contributed by atoms with E-state index in [4.69, 9.17) is 0 Å². The monoisotopic (exact) mass is 323 g/mol. The zero-order valence-corrected chi connectivity index (χ0v) is 14.9. The molecule has 2 aromatic rings. The Kier molecular flexibility index (Phi) is 4.58. The highest BCUT2D eigenvalue weighted by atomic mass is 32.2. The van der Waals surface area contributed by atoms with Crippen LogP contribution in [0.4, 0.5) is 0 Å². The number of carbonyl (C=O) groups excluding carboxylic acids is 1. The summed E-state index contributed by atoms with van der Waals surface area (Å²) in [5.74, 6) is 0.0314. The second-order valence-electron chi connectivity index (χ2n) is 6.14. The van der Waals surface area contributed by atoms with Crippen molar-refractivity contribution in [2.75, 3.05) is 0 Å². The van der Waals surface area contributed by atoms with Crippen LogP contribution >= 0.6 is 23.1 Å². The first-order chi connectivity index (χ1) is 9.69. The lowest BCUT2D eigenvalue weighted by atomic mass is 10.1. The molecule has 0 aliphatic carbocycles. The van der Waals surface area contributed by atoms with Crippen LogP contribution in [0.3, 0.4) is 0 Å². The van der Waals surface area contributed by atoms with Crippen LogP contribution in [0.25, 0.3) is 10.2 Å². The molecule has 1 atom stereocenters. The average Bonchev–Trinajstić information content (AvgIpc) is 2.64. The van der Waals surface area contributed by atoms with Gasteiger partial charge in [0.1, 0.15) is 16.2 Å². The highest BCUT2D eigenvalue weighted by molar-refractivity contribution is 8.00. The highest BCUT2D eigenvalue weighted by Gasteiger charge is 2.22. The molecule has 0 aliphatic rings. The number of amides is 1. The first-order valence-corrected chi connectivity index (χ1v) is 8.58. The van der Waals surface area contributed by atoms with Crippen molar-refractivity contribution in [1.82, 2.24) is 15.3 Å². The number of thiophene rings is 1. The fourth-order valence-electron chi connectivity index (χ4n) is 1.93. The van der Waals surface area contributed by atoms with Crippen LogP contribution < -0.4 is 5.32 Å². The second kappa shape index (κ2) is 5.93. The number of aromatic nitrogens is 2. The third-order valence-electron chi connectivity index (χ3n) is 3.09. The molecule has 0 saturated heterocycles. The Morgan fingerprint density at radius 1 is 1.33 bits per heavy atom. The molecule has 1 amide bonds. The molecule has 4 nitrogen and oxygen atoms in total. The van der Waals surface area contributed by atoms with Crippen LogP contribution in [-0.4, -0.2) is 26.7 Å². The quantitative estimate of drug-likeness (QED) is 0.691. The summed E-state index contributed by atoms with van der Waals surface area (Å²) in [6, 6.07) is 0. The van der Waals surface area contributed by atoms with E-state index in [1.807, 2.05) is 27.7 Å². The normalized spacial score (nSPS) is 13.4. The van der Waals surface area contributed by atoms with Crippen molar-refractivity contribution in [1.29, 1.82) is 0 Å². The van der Waals surface area contributed by atoms with Gasteiger partial charge < -0.3 is 5.32 Å². The Morgan fingerprint density at radius 2 is 2.00 bits per heavy atom. The zero-order valence-electron chi connectivity index (χ0n) is 13.3. The fraction of sp³-hybridized carbons (Fsp3) is 0.533. The summed E-state index contributed by atoms with van der Waals surface area (Å²) >= 11 is 3.17. The Bertz CT molecular complexity index is 673. The predicted octanol–water partition coefficient (Wildman–Crippen LogP) is 3.70. The van der Waals surface area contributed by atoms with Gasteiger partial charge in [-0.25, -0.2) is 9.97 Å². The van der Waals surface area contributed by atoms with Gasteiger partial charge in [0.25, 0.3) is 0 Å². The van der Waals surface area contributed by atoms with Crippen molar-refractivity contribution in [3.63, 3.8) is 0 Å². The van der Waals surface area contributed by atoms with E-state index in [1.165, 1.54) is 22.2 Å². The van der Waals surface area contributed by atoms with Crippen molar-refractivity contribution in [2.24, 2.45) is 0 Å². The maximum atomic E-state index is 12.2. The summed E-state index contributed by atoms with van der Waals surface area (Å²) in [6.07, 6.45) is 1.58. The topological polar surface area (TPSA) is 54.9 Å². The first-order valence-electron chi connectivity index (χ1n) is 6.88. The molecular formula is C15H21N3OS2. The Morgan fingerprint density at radius 3 is 2.62 bits per heavy atom. The largest absolute Gasteiger partial charge is 0.351 e. The van der Waals surface area contributed by atoms with E-state index < -0.39 is 0 Å². The smallest absolute Gasteiger partial charge is 0.233 e. The maximum absolute atomic E-state index is 12.2. The van der Waals surface area contributed by atoms with Crippen molar-refractivity contribution in [2.45, 2.75) is 57.4 Å². The lowest BCUT2D eigenvalue weighted by Gasteiger charge is -2.23. The van der Waals surface area contributed by atoms with Gasteiger partial charge in [0.05, 0.1) is 5.25 Å². The highest BCUT2D eigenvalue weighted by Crippen LogP contribution is 2.35. The summed E-state index contributed by atoms with van der Waals surface area (Å²) < 4.78 is 0. The molecule has 6 heteroatoms. The van der Waals surface area contributed by atoms with Gasteiger partial charge in [0.2, 0.25) is 5.91 Å². The number of fused-ring (bicyclic) bond motifs is 1. The predicted molar refractivity (Wildman–Crippen MR) is 90.1 cm³/mol. The third kappa shape index (κ3) is 3.74. The molecule has 0 aromatic carbocycles. The standard InChI is InChI=1S/C15H21N3OS2/c1-8-9(2)20-13-11(8)14(17-7-16-13)21-10(3)12(19)18-15(4,5)6/h7,10H,1-6H3,(H,18,19). The lowest BCUT2D eigenvalue weighted by Crippen LogP contribution is -2.44. The summed E-state index contributed by atoms with van der Waals surface area (Å²) in [4.78, 5) is 23.2. The number of nitrogens with zero attached hydrogens (tertiary/aromatic N) is 2. The maximum Gasteiger partial charge on any atom is 0.233 e. The first kappa shape index (κ1) is 16.2. The molecule has 1 unspecified atom stereocenters. The van der Waals surface area contributed by atoms with Crippen LogP contribution in [0.5, 0.6) is 0 Å². The van der Waals surface area contributed by atoms with Crippen LogP contribution in [0, 0.1) is 13.8 Å². The summed E-state index contributed by atoms with van der Waals surface area (Å²) in [5.41, 5.74) is 0.989. The van der Waals surface area contributed by atoms with Gasteiger partial charge in [0, 0.05) is 15.8 Å². The van der Waals surface area contributed by atoms with E-state index in [2.05, 4.69) is 29.1 Å². The third-order valence-corrected chi connectivity index (χ3v) is 5.30. The molecular weight excluding hydrogens is 302 g/mol. The molecule has 0 spiro atoms. The number of hydrogen-bond donors (Lipinski definition) is 1. The van der Waals surface area contributed by atoms with E-state index in [0.29, 0.717) is 0 Å². The van der Waals surface area contributed by atoms with E-state index in [0.717, 1.165) is 15.2 Å². The summed E-state index contributed by atoms with van der Waals surface area (Å²) in [7, 11) is 0. The van der Waals surface area contributed by atoms with Crippen molar-refractivity contribution in [3.05, 3.63) is 16.8 Å². The van der Waals surface area contributed by atoms with Crippen LogP contribution in [0.15, 0.2) is 11.4 Å². The molecule has 0 aliphatic heterocycles. The minimum atomic E-state index is -0.220. The van der Waals surface area contributed by atoms with E-state index in [9.17, 15) is 4.79 Å². The van der Waals surface area contributed by atoms with Gasteiger partial charge in [-0.3, -0.25) is 4.79 Å². The minimum absolute atomic E-state index is 0.0314. The molecule has 1 N–H and O–H groups in total. The molecule has 21 heavy (non-hydrogen) atoms. The minimum Gasteiger partial charge on any atom is -0.351 e. The van der Waals surface area contributed by atoms with Crippen LogP contribution in [0.1, 0.15) is 38.1 Å². The van der Waals surface area contributed by atoms with Gasteiger partial charge in [-0.1, -0.05) is 11.8 Å². The van der Waals surface area contributed by atoms with Crippen molar-refractivity contribution < 1.29 is 4.79 Å². The van der Waals surface area contributed by atoms with Gasteiger partial charge >= 0.3 is 0 Å². The van der Waals surface area contributed by atoms with Crippen LogP contribution in [0.2, 0.25) is 0 Å². The molecule has 2 aromatic heterocycles. The summed E-state index contributed by atoms with van der Waals surface area (Å²) in [6.45, 7) is 12.0. The molecule has 2 rings (SSSR count). The van der Waals surface area contributed by atoms with E-state index >= 15 is 0 Å². The molecule has 0 bridgehead atoms. The number of thioether (sulfide) groups is 1. The SMILES string of the molecule is Cc1sc2ncnc(SC(C)C(=O)NC(C)(C)C)c2c1C. The fourth-order valence-corrected chi connectivity index (χ4v) is 3.97. The number of aryl methyl sites for hydroxylation is 2. The number of nitrogens with one attached hydrogen (secondary N) is 1. The Labute approximate surface area is 133 Å². The average molecular weight is 323 g/mol. The van der Waals surface area contributed by atoms with Crippen LogP contribution in [-0.2, 0) is 4.79 Å². The molecule has 114 valence electrons. The van der Waals surface area contributed by atoms with Crippen molar-refractivity contribution in [3.8, 4) is 0 Å². The second-order valence-corrected chi connectivity index (χ2v) is 8.67. The molecule has 0 fully saturated rings. The Balaban J connectivity index is 2.26. The van der Waals surface area contributed by atoms with Gasteiger partial charge in [-0.15, -0.1) is 11.3 Å². The molecule has 0 saturated carbocycles. The van der Waals surface area contributed by atoms with E-state index in [1.54, 1.807) is 17.7 Å². The van der Waals surface area contributed by atoms with E-state index in [-0.39, 0.29) is 16.7 Å². The van der Waals surface area contributed by atoms with Gasteiger partial charge in [0.15, 0.2) is 0 Å². The van der Waals surface area contributed by atoms with Gasteiger partial charge in [-0.05, 0) is 47.1 Å².